The van der Waals surface area contributed by atoms with Crippen LogP contribution in [-0.2, 0) is 0 Å². The molecule has 0 spiro atoms. The van der Waals surface area contributed by atoms with E-state index in [1.807, 2.05) is 19.1 Å². The standard InChI is InChI=1S/C13H21NO2/c1-5-10(6-2)11-8-9-12(15-4)13(14-11)16-7-3/h8-10H,5-7H2,1-4H3. The van der Waals surface area contributed by atoms with Crippen LogP contribution in [0.4, 0.5) is 0 Å². The Morgan fingerprint density at radius 2 is 1.88 bits per heavy atom. The van der Waals surface area contributed by atoms with E-state index in [1.165, 1.54) is 0 Å². The van der Waals surface area contributed by atoms with Gasteiger partial charge >= 0.3 is 0 Å². The molecule has 0 radical (unpaired) electrons. The second kappa shape index (κ2) is 6.36. The Bertz CT molecular complexity index is 322. The minimum absolute atomic E-state index is 0.505. The molecule has 0 aromatic carbocycles. The molecule has 0 unspecified atom stereocenters. The van der Waals surface area contributed by atoms with E-state index >= 15 is 0 Å². The summed E-state index contributed by atoms with van der Waals surface area (Å²) in [5, 5.41) is 0. The quantitative estimate of drug-likeness (QED) is 0.740. The van der Waals surface area contributed by atoms with E-state index in [-0.39, 0.29) is 0 Å². The van der Waals surface area contributed by atoms with Gasteiger partial charge in [0.1, 0.15) is 0 Å². The highest BCUT2D eigenvalue weighted by Crippen LogP contribution is 2.29. The first kappa shape index (κ1) is 12.8. The number of methoxy groups -OCH3 is 1. The number of aromatic nitrogens is 1. The summed E-state index contributed by atoms with van der Waals surface area (Å²) in [5.41, 5.74) is 1.09. The Balaban J connectivity index is 3.00. The normalized spacial score (nSPS) is 10.6. The van der Waals surface area contributed by atoms with Crippen molar-refractivity contribution in [2.45, 2.75) is 39.5 Å². The molecule has 90 valence electrons. The van der Waals surface area contributed by atoms with Crippen molar-refractivity contribution in [1.29, 1.82) is 0 Å². The second-order valence-corrected chi connectivity index (χ2v) is 3.69. The molecular formula is C13H21NO2. The Morgan fingerprint density at radius 3 is 2.38 bits per heavy atom. The first-order valence-electron chi connectivity index (χ1n) is 5.94. The van der Waals surface area contributed by atoms with Crippen LogP contribution < -0.4 is 9.47 Å². The number of nitrogens with zero attached hydrogens (tertiary/aromatic N) is 1. The maximum absolute atomic E-state index is 5.47. The van der Waals surface area contributed by atoms with Gasteiger partial charge in [-0.25, -0.2) is 4.98 Å². The van der Waals surface area contributed by atoms with Crippen molar-refractivity contribution in [3.05, 3.63) is 17.8 Å². The van der Waals surface area contributed by atoms with E-state index in [2.05, 4.69) is 18.8 Å². The lowest BCUT2D eigenvalue weighted by molar-refractivity contribution is 0.296. The van der Waals surface area contributed by atoms with Gasteiger partial charge in [-0.2, -0.15) is 0 Å². The molecule has 1 aromatic heterocycles. The summed E-state index contributed by atoms with van der Waals surface area (Å²) in [6.45, 7) is 6.92. The molecule has 0 N–H and O–H groups in total. The van der Waals surface area contributed by atoms with Crippen LogP contribution in [0.2, 0.25) is 0 Å². The van der Waals surface area contributed by atoms with Crippen LogP contribution in [0.5, 0.6) is 11.6 Å². The van der Waals surface area contributed by atoms with E-state index < -0.39 is 0 Å². The summed E-state index contributed by atoms with van der Waals surface area (Å²) in [6, 6.07) is 3.96. The first-order chi connectivity index (χ1) is 7.76. The first-order valence-corrected chi connectivity index (χ1v) is 5.94. The molecule has 0 aliphatic rings. The zero-order valence-corrected chi connectivity index (χ0v) is 10.6. The predicted molar refractivity (Wildman–Crippen MR) is 65.3 cm³/mol. The molecule has 1 heterocycles. The van der Waals surface area contributed by atoms with E-state index in [4.69, 9.17) is 9.47 Å². The maximum atomic E-state index is 5.47. The van der Waals surface area contributed by atoms with Gasteiger partial charge in [0.2, 0.25) is 0 Å². The average Bonchev–Trinajstić information content (AvgIpc) is 2.31. The lowest BCUT2D eigenvalue weighted by Gasteiger charge is -2.14. The number of pyridine rings is 1. The number of hydrogen-bond acceptors (Lipinski definition) is 3. The van der Waals surface area contributed by atoms with Crippen LogP contribution >= 0.6 is 0 Å². The Labute approximate surface area is 97.8 Å². The van der Waals surface area contributed by atoms with Gasteiger partial charge < -0.3 is 9.47 Å². The summed E-state index contributed by atoms with van der Waals surface area (Å²) < 4.78 is 10.7. The van der Waals surface area contributed by atoms with E-state index in [0.29, 0.717) is 24.2 Å². The number of ether oxygens (including phenoxy) is 2. The highest BCUT2D eigenvalue weighted by Gasteiger charge is 2.12. The van der Waals surface area contributed by atoms with Gasteiger partial charge in [-0.15, -0.1) is 0 Å². The van der Waals surface area contributed by atoms with Crippen LogP contribution in [0.1, 0.15) is 45.2 Å². The average molecular weight is 223 g/mol. The van der Waals surface area contributed by atoms with Crippen molar-refractivity contribution in [3.8, 4) is 11.6 Å². The molecular weight excluding hydrogens is 202 g/mol. The third-order valence-electron chi connectivity index (χ3n) is 2.75. The van der Waals surface area contributed by atoms with Crippen molar-refractivity contribution in [3.63, 3.8) is 0 Å². The van der Waals surface area contributed by atoms with Gasteiger partial charge in [0, 0.05) is 11.6 Å². The molecule has 0 fully saturated rings. The Hall–Kier alpha value is -1.25. The van der Waals surface area contributed by atoms with Gasteiger partial charge in [-0.05, 0) is 31.9 Å². The molecule has 0 bridgehead atoms. The lowest BCUT2D eigenvalue weighted by Crippen LogP contribution is -2.03. The second-order valence-electron chi connectivity index (χ2n) is 3.69. The zero-order valence-electron chi connectivity index (χ0n) is 10.6. The van der Waals surface area contributed by atoms with Crippen LogP contribution in [0, 0.1) is 0 Å². The number of rotatable bonds is 6. The van der Waals surface area contributed by atoms with Crippen LogP contribution in [0.15, 0.2) is 12.1 Å². The largest absolute Gasteiger partial charge is 0.491 e. The zero-order chi connectivity index (χ0) is 12.0. The van der Waals surface area contributed by atoms with Crippen molar-refractivity contribution < 1.29 is 9.47 Å². The van der Waals surface area contributed by atoms with Crippen LogP contribution in [0.25, 0.3) is 0 Å². The molecule has 0 saturated carbocycles. The van der Waals surface area contributed by atoms with Gasteiger partial charge in [-0.3, -0.25) is 0 Å². The molecule has 0 saturated heterocycles. The summed E-state index contributed by atoms with van der Waals surface area (Å²) in [7, 11) is 1.64. The minimum Gasteiger partial charge on any atom is -0.491 e. The van der Waals surface area contributed by atoms with E-state index in [0.717, 1.165) is 18.5 Å². The molecule has 0 atom stereocenters. The number of hydrogen-bond donors (Lipinski definition) is 0. The smallest absolute Gasteiger partial charge is 0.257 e. The lowest BCUT2D eigenvalue weighted by atomic mass is 9.99. The minimum atomic E-state index is 0.505. The fraction of sp³-hybridized carbons (Fsp3) is 0.615. The molecule has 3 heteroatoms. The van der Waals surface area contributed by atoms with Crippen LogP contribution in [0.3, 0.4) is 0 Å². The molecule has 0 amide bonds. The topological polar surface area (TPSA) is 31.4 Å². The molecule has 1 aromatic rings. The van der Waals surface area contributed by atoms with E-state index in [1.54, 1.807) is 7.11 Å². The molecule has 16 heavy (non-hydrogen) atoms. The predicted octanol–water partition coefficient (Wildman–Crippen LogP) is 3.39. The summed E-state index contributed by atoms with van der Waals surface area (Å²) in [4.78, 5) is 4.53. The SMILES string of the molecule is CCOc1nc(C(CC)CC)ccc1OC. The highest BCUT2D eigenvalue weighted by molar-refractivity contribution is 5.35. The third-order valence-corrected chi connectivity index (χ3v) is 2.75. The molecule has 1 rings (SSSR count). The monoisotopic (exact) mass is 223 g/mol. The van der Waals surface area contributed by atoms with Gasteiger partial charge in [0.25, 0.3) is 5.88 Å². The fourth-order valence-electron chi connectivity index (χ4n) is 1.77. The van der Waals surface area contributed by atoms with Gasteiger partial charge in [-0.1, -0.05) is 13.8 Å². The maximum Gasteiger partial charge on any atom is 0.257 e. The Kier molecular flexibility index (Phi) is 5.09. The Morgan fingerprint density at radius 1 is 1.19 bits per heavy atom. The van der Waals surface area contributed by atoms with Crippen LogP contribution in [-0.4, -0.2) is 18.7 Å². The van der Waals surface area contributed by atoms with E-state index in [9.17, 15) is 0 Å². The highest BCUT2D eigenvalue weighted by atomic mass is 16.5. The molecule has 3 nitrogen and oxygen atoms in total. The summed E-state index contributed by atoms with van der Waals surface area (Å²) in [6.07, 6.45) is 2.20. The fourth-order valence-corrected chi connectivity index (χ4v) is 1.77. The van der Waals surface area contributed by atoms with Gasteiger partial charge in [0.15, 0.2) is 5.75 Å². The van der Waals surface area contributed by atoms with Crippen molar-refractivity contribution in [1.82, 2.24) is 4.98 Å². The van der Waals surface area contributed by atoms with Crippen molar-refractivity contribution in [2.75, 3.05) is 13.7 Å². The summed E-state index contributed by atoms with van der Waals surface area (Å²) >= 11 is 0. The van der Waals surface area contributed by atoms with Crippen molar-refractivity contribution in [2.24, 2.45) is 0 Å². The summed E-state index contributed by atoms with van der Waals surface area (Å²) in [5.74, 6) is 1.82. The third kappa shape index (κ3) is 2.87. The van der Waals surface area contributed by atoms with Gasteiger partial charge in [0.05, 0.1) is 13.7 Å². The van der Waals surface area contributed by atoms with Crippen molar-refractivity contribution >= 4 is 0 Å². The molecule has 0 aliphatic heterocycles. The molecule has 0 aliphatic carbocycles.